The van der Waals surface area contributed by atoms with E-state index in [0.29, 0.717) is 29.3 Å². The molecule has 1 aliphatic heterocycles. The number of hydrogen-bond donors (Lipinski definition) is 1. The second kappa shape index (κ2) is 5.93. The minimum Gasteiger partial charge on any atom is -0.496 e. The molecule has 0 saturated carbocycles. The van der Waals surface area contributed by atoms with Crippen LogP contribution >= 0.6 is 11.6 Å². The molecule has 1 aromatic carbocycles. The molecule has 0 aliphatic carbocycles. The van der Waals surface area contributed by atoms with E-state index in [9.17, 15) is 14.7 Å². The predicted molar refractivity (Wildman–Crippen MR) is 78.6 cm³/mol. The van der Waals surface area contributed by atoms with Crippen molar-refractivity contribution in [1.29, 1.82) is 0 Å². The van der Waals surface area contributed by atoms with E-state index >= 15 is 0 Å². The molecular formula is C15H18ClNO4. The van der Waals surface area contributed by atoms with E-state index in [-0.39, 0.29) is 18.9 Å². The highest BCUT2D eigenvalue weighted by atomic mass is 35.5. The largest absolute Gasteiger partial charge is 0.496 e. The second-order valence-corrected chi connectivity index (χ2v) is 6.00. The lowest BCUT2D eigenvalue weighted by Crippen LogP contribution is -2.35. The molecule has 114 valence electrons. The Bertz CT molecular complexity index is 575. The molecule has 1 aliphatic rings. The summed E-state index contributed by atoms with van der Waals surface area (Å²) in [7, 11) is 1.54. The molecule has 1 fully saturated rings. The number of amides is 1. The van der Waals surface area contributed by atoms with Crippen molar-refractivity contribution in [2.24, 2.45) is 5.41 Å². The van der Waals surface area contributed by atoms with Crippen LogP contribution in [0.15, 0.2) is 18.2 Å². The molecule has 2 rings (SSSR count). The first-order valence-electron chi connectivity index (χ1n) is 6.69. The van der Waals surface area contributed by atoms with Crippen molar-refractivity contribution < 1.29 is 19.4 Å². The summed E-state index contributed by atoms with van der Waals surface area (Å²) in [5.41, 5.74) is -0.146. The van der Waals surface area contributed by atoms with E-state index in [1.165, 1.54) is 7.11 Å². The van der Waals surface area contributed by atoms with Gasteiger partial charge in [-0.1, -0.05) is 11.6 Å². The third-order valence-electron chi connectivity index (χ3n) is 3.93. The van der Waals surface area contributed by atoms with Gasteiger partial charge in [0.15, 0.2) is 0 Å². The summed E-state index contributed by atoms with van der Waals surface area (Å²) in [6, 6.07) is 5.12. The fourth-order valence-electron chi connectivity index (χ4n) is 2.51. The van der Waals surface area contributed by atoms with Crippen molar-refractivity contribution >= 4 is 23.5 Å². The van der Waals surface area contributed by atoms with Crippen LogP contribution in [0.2, 0.25) is 5.02 Å². The van der Waals surface area contributed by atoms with E-state index in [0.717, 1.165) is 0 Å². The van der Waals surface area contributed by atoms with Gasteiger partial charge in [0.05, 0.1) is 18.9 Å². The van der Waals surface area contributed by atoms with Crippen molar-refractivity contribution in [3.8, 4) is 5.75 Å². The van der Waals surface area contributed by atoms with Crippen molar-refractivity contribution in [3.05, 3.63) is 28.8 Å². The lowest BCUT2D eigenvalue weighted by molar-refractivity contribution is -0.147. The Balaban J connectivity index is 2.10. The number of carbonyl (C=O) groups excluding carboxylic acids is 1. The molecule has 0 bridgehead atoms. The fraction of sp³-hybridized carbons (Fsp3) is 0.467. The Kier molecular flexibility index (Phi) is 4.42. The summed E-state index contributed by atoms with van der Waals surface area (Å²) >= 11 is 5.95. The Morgan fingerprint density at radius 1 is 1.48 bits per heavy atom. The van der Waals surface area contributed by atoms with Gasteiger partial charge < -0.3 is 14.7 Å². The first-order chi connectivity index (χ1) is 9.85. The van der Waals surface area contributed by atoms with Crippen LogP contribution in [0.5, 0.6) is 5.75 Å². The number of ether oxygens (including phenoxy) is 1. The molecule has 1 atom stereocenters. The summed E-state index contributed by atoms with van der Waals surface area (Å²) in [6.45, 7) is 2.37. The smallest absolute Gasteiger partial charge is 0.311 e. The minimum atomic E-state index is -0.863. The Morgan fingerprint density at radius 3 is 2.76 bits per heavy atom. The number of methoxy groups -OCH3 is 1. The maximum absolute atomic E-state index is 12.3. The van der Waals surface area contributed by atoms with Gasteiger partial charge in [0, 0.05) is 23.7 Å². The number of carboxylic acids is 1. The van der Waals surface area contributed by atoms with Gasteiger partial charge in [-0.3, -0.25) is 9.59 Å². The average Bonchev–Trinajstić information content (AvgIpc) is 2.83. The zero-order chi connectivity index (χ0) is 15.6. The summed E-state index contributed by atoms with van der Waals surface area (Å²) < 4.78 is 5.22. The molecule has 1 aromatic rings. The van der Waals surface area contributed by atoms with Crippen LogP contribution in [-0.4, -0.2) is 42.1 Å². The van der Waals surface area contributed by atoms with Gasteiger partial charge in [-0.25, -0.2) is 0 Å². The summed E-state index contributed by atoms with van der Waals surface area (Å²) in [4.78, 5) is 25.2. The number of rotatable bonds is 4. The van der Waals surface area contributed by atoms with Crippen LogP contribution in [0.1, 0.15) is 18.9 Å². The molecule has 5 nitrogen and oxygen atoms in total. The number of carboxylic acid groups (broad SMARTS) is 1. The van der Waals surface area contributed by atoms with Crippen molar-refractivity contribution in [2.75, 3.05) is 20.2 Å². The van der Waals surface area contributed by atoms with E-state index < -0.39 is 11.4 Å². The van der Waals surface area contributed by atoms with Crippen molar-refractivity contribution in [2.45, 2.75) is 19.8 Å². The molecule has 1 heterocycles. The fourth-order valence-corrected chi connectivity index (χ4v) is 2.70. The molecule has 6 heteroatoms. The SMILES string of the molecule is COc1ccc(Cl)cc1CC(=O)N1CC[C@@](C)(C(=O)O)C1. The van der Waals surface area contributed by atoms with E-state index in [1.54, 1.807) is 30.0 Å². The van der Waals surface area contributed by atoms with Gasteiger partial charge in [-0.15, -0.1) is 0 Å². The number of likely N-dealkylation sites (tertiary alicyclic amines) is 1. The number of halogens is 1. The van der Waals surface area contributed by atoms with E-state index in [1.807, 2.05) is 0 Å². The van der Waals surface area contributed by atoms with Crippen LogP contribution in [0, 0.1) is 5.41 Å². The first-order valence-corrected chi connectivity index (χ1v) is 7.07. The van der Waals surface area contributed by atoms with Gasteiger partial charge in [-0.2, -0.15) is 0 Å². The quantitative estimate of drug-likeness (QED) is 0.926. The monoisotopic (exact) mass is 311 g/mol. The highest BCUT2D eigenvalue weighted by Crippen LogP contribution is 2.31. The lowest BCUT2D eigenvalue weighted by atomic mass is 9.90. The molecule has 1 saturated heterocycles. The first kappa shape index (κ1) is 15.6. The molecule has 0 aromatic heterocycles. The minimum absolute atomic E-state index is 0.111. The number of nitrogens with zero attached hydrogens (tertiary/aromatic N) is 1. The number of hydrogen-bond acceptors (Lipinski definition) is 3. The third kappa shape index (κ3) is 3.29. The number of carbonyl (C=O) groups is 2. The Labute approximate surface area is 128 Å². The molecule has 1 N–H and O–H groups in total. The molecule has 0 radical (unpaired) electrons. The van der Waals surface area contributed by atoms with Gasteiger partial charge >= 0.3 is 5.97 Å². The third-order valence-corrected chi connectivity index (χ3v) is 4.16. The Morgan fingerprint density at radius 2 is 2.19 bits per heavy atom. The van der Waals surface area contributed by atoms with E-state index in [2.05, 4.69) is 0 Å². The zero-order valence-corrected chi connectivity index (χ0v) is 12.8. The average molecular weight is 312 g/mol. The van der Waals surface area contributed by atoms with Gasteiger partial charge in [-0.05, 0) is 31.5 Å². The van der Waals surface area contributed by atoms with Crippen LogP contribution in [0.25, 0.3) is 0 Å². The molecule has 21 heavy (non-hydrogen) atoms. The maximum atomic E-state index is 12.3. The van der Waals surface area contributed by atoms with Crippen LogP contribution in [0.4, 0.5) is 0 Å². The van der Waals surface area contributed by atoms with Crippen LogP contribution in [-0.2, 0) is 16.0 Å². The van der Waals surface area contributed by atoms with Crippen molar-refractivity contribution in [3.63, 3.8) is 0 Å². The highest BCUT2D eigenvalue weighted by molar-refractivity contribution is 6.30. The summed E-state index contributed by atoms with van der Waals surface area (Å²) in [6.07, 6.45) is 0.625. The molecule has 1 amide bonds. The van der Waals surface area contributed by atoms with Gasteiger partial charge in [0.25, 0.3) is 0 Å². The van der Waals surface area contributed by atoms with E-state index in [4.69, 9.17) is 16.3 Å². The maximum Gasteiger partial charge on any atom is 0.311 e. The lowest BCUT2D eigenvalue weighted by Gasteiger charge is -2.20. The predicted octanol–water partition coefficient (Wildman–Crippen LogP) is 2.21. The topological polar surface area (TPSA) is 66.8 Å². The highest BCUT2D eigenvalue weighted by Gasteiger charge is 2.42. The standard InChI is InChI=1S/C15H18ClNO4/c1-15(14(19)20)5-6-17(9-15)13(18)8-10-7-11(16)3-4-12(10)21-2/h3-4,7H,5-6,8-9H2,1-2H3,(H,19,20)/t15-/m1/s1. The zero-order valence-electron chi connectivity index (χ0n) is 12.1. The van der Waals surface area contributed by atoms with Gasteiger partial charge in [0.2, 0.25) is 5.91 Å². The van der Waals surface area contributed by atoms with Gasteiger partial charge in [0.1, 0.15) is 5.75 Å². The second-order valence-electron chi connectivity index (χ2n) is 5.56. The number of aliphatic carboxylic acids is 1. The van der Waals surface area contributed by atoms with Crippen LogP contribution < -0.4 is 4.74 Å². The number of benzene rings is 1. The molecule has 0 spiro atoms. The Hall–Kier alpha value is -1.75. The molecule has 0 unspecified atom stereocenters. The molecular weight excluding hydrogens is 294 g/mol. The summed E-state index contributed by atoms with van der Waals surface area (Å²) in [5.74, 6) is -0.369. The summed E-state index contributed by atoms with van der Waals surface area (Å²) in [5, 5.41) is 9.74. The van der Waals surface area contributed by atoms with Crippen molar-refractivity contribution in [1.82, 2.24) is 4.90 Å². The van der Waals surface area contributed by atoms with Crippen LogP contribution in [0.3, 0.4) is 0 Å². The normalized spacial score (nSPS) is 21.4.